The Kier molecular flexibility index (Phi) is 13.0. The third-order valence-electron chi connectivity index (χ3n) is 3.70. The SMILES string of the molecule is C[N+](C)=C[C]1[CH][C]2[C]([CH]1)C1CCC2C1.[C-]#[O+].[C-]#[O+].[C-]#[O+].[Cr]. The van der Waals surface area contributed by atoms with Gasteiger partial charge in [0.15, 0.2) is 0 Å². The van der Waals surface area contributed by atoms with Crippen molar-refractivity contribution in [2.75, 3.05) is 14.1 Å². The van der Waals surface area contributed by atoms with E-state index in [1.54, 1.807) is 11.8 Å². The first kappa shape index (κ1) is 22.7. The summed E-state index contributed by atoms with van der Waals surface area (Å²) in [6, 6.07) is 0. The van der Waals surface area contributed by atoms with E-state index in [2.05, 4.69) is 57.7 Å². The van der Waals surface area contributed by atoms with Gasteiger partial charge in [-0.1, -0.05) is 0 Å². The molecule has 21 heavy (non-hydrogen) atoms. The van der Waals surface area contributed by atoms with E-state index < -0.39 is 0 Å². The number of rotatable bonds is 1. The van der Waals surface area contributed by atoms with E-state index in [-0.39, 0.29) is 17.4 Å². The van der Waals surface area contributed by atoms with Crippen LogP contribution in [0.25, 0.3) is 0 Å². The molecule has 2 bridgehead atoms. The first-order valence-corrected chi connectivity index (χ1v) is 6.17. The average molecular weight is 323 g/mol. The molecule has 3 fully saturated rings. The minimum absolute atomic E-state index is 0. The van der Waals surface area contributed by atoms with Crippen molar-refractivity contribution in [3.05, 3.63) is 50.5 Å². The van der Waals surface area contributed by atoms with E-state index in [0.717, 1.165) is 11.8 Å². The molecule has 3 saturated carbocycles. The van der Waals surface area contributed by atoms with E-state index in [4.69, 9.17) is 14.0 Å². The van der Waals surface area contributed by atoms with Crippen molar-refractivity contribution >= 4 is 6.21 Å². The Balaban J connectivity index is 0. The fourth-order valence-corrected chi connectivity index (χ4v) is 3.19. The zero-order valence-electron chi connectivity index (χ0n) is 12.1. The molecule has 3 rings (SSSR count). The molecule has 2 unspecified atom stereocenters. The largest absolute Gasteiger partial charge is 0 e. The van der Waals surface area contributed by atoms with Crippen LogP contribution in [0.1, 0.15) is 19.3 Å². The third-order valence-corrected chi connectivity index (χ3v) is 3.70. The van der Waals surface area contributed by atoms with Gasteiger partial charge >= 0.3 is 33.9 Å². The second-order valence-electron chi connectivity index (χ2n) is 5.00. The molecule has 0 N–H and O–H groups in total. The minimum atomic E-state index is 0. The fourth-order valence-electron chi connectivity index (χ4n) is 3.19. The van der Waals surface area contributed by atoms with Gasteiger partial charge in [-0.05, 0) is 55.8 Å². The van der Waals surface area contributed by atoms with Gasteiger partial charge in [0.2, 0.25) is 0 Å². The standard InChI is InChI=1S/C13H17N.3CO.Cr/c1-14(2)8-9-5-12-10-3-4-11(7-10)13(12)6-9;3*1-2;/h5-6,8,10-11H,3-4,7H2,1-2H3;;;;/q+1;;;;. The van der Waals surface area contributed by atoms with Crippen LogP contribution in [0.4, 0.5) is 0 Å². The molecule has 5 radical (unpaired) electrons. The van der Waals surface area contributed by atoms with Gasteiger partial charge in [-0.3, -0.25) is 0 Å². The van der Waals surface area contributed by atoms with Crippen LogP contribution in [0.15, 0.2) is 0 Å². The van der Waals surface area contributed by atoms with E-state index in [0.29, 0.717) is 0 Å². The molecule has 0 aromatic heterocycles. The van der Waals surface area contributed by atoms with Crippen LogP contribution in [0.3, 0.4) is 0 Å². The molecule has 0 heterocycles. The molecule has 4 nitrogen and oxygen atoms in total. The van der Waals surface area contributed by atoms with Gasteiger partial charge in [0, 0.05) is 17.4 Å². The Morgan fingerprint density at radius 2 is 1.33 bits per heavy atom. The summed E-state index contributed by atoms with van der Waals surface area (Å²) in [5, 5.41) is 0. The molecule has 0 aromatic carbocycles. The maximum atomic E-state index is 7.50. The third kappa shape index (κ3) is 5.61. The first-order valence-electron chi connectivity index (χ1n) is 6.17. The van der Waals surface area contributed by atoms with Crippen LogP contribution in [0, 0.1) is 62.4 Å². The Morgan fingerprint density at radius 1 is 0.952 bits per heavy atom. The summed E-state index contributed by atoms with van der Waals surface area (Å²) < 4.78 is 24.6. The molecule has 2 atom stereocenters. The van der Waals surface area contributed by atoms with Crippen molar-refractivity contribution in [3.63, 3.8) is 0 Å². The molecule has 0 spiro atoms. The number of hydrogen-bond donors (Lipinski definition) is 0. The van der Waals surface area contributed by atoms with Gasteiger partial charge in [0.25, 0.3) is 0 Å². The maximum Gasteiger partial charge on any atom is 0 e. The molecule has 3 aliphatic carbocycles. The van der Waals surface area contributed by atoms with Crippen molar-refractivity contribution in [1.82, 2.24) is 0 Å². The normalized spacial score (nSPS) is 25.5. The maximum absolute atomic E-state index is 7.50. The van der Waals surface area contributed by atoms with E-state index in [9.17, 15) is 0 Å². The van der Waals surface area contributed by atoms with Crippen LogP contribution >= 0.6 is 0 Å². The van der Waals surface area contributed by atoms with Crippen LogP contribution < -0.4 is 0 Å². The topological polar surface area (TPSA) is 62.7 Å². The van der Waals surface area contributed by atoms with Crippen molar-refractivity contribution in [2.24, 2.45) is 11.8 Å². The summed E-state index contributed by atoms with van der Waals surface area (Å²) in [5.41, 5.74) is 0. The van der Waals surface area contributed by atoms with Crippen LogP contribution in [-0.4, -0.2) is 24.9 Å². The number of nitrogens with zero attached hydrogens (tertiary/aromatic N) is 1. The van der Waals surface area contributed by atoms with Crippen molar-refractivity contribution in [1.29, 1.82) is 0 Å². The minimum Gasteiger partial charge on any atom is 0 e. The monoisotopic (exact) mass is 323 g/mol. The van der Waals surface area contributed by atoms with Crippen molar-refractivity contribution in [2.45, 2.75) is 19.3 Å². The van der Waals surface area contributed by atoms with Crippen molar-refractivity contribution in [3.8, 4) is 0 Å². The Labute approximate surface area is 138 Å². The summed E-state index contributed by atoms with van der Waals surface area (Å²) in [4.78, 5) is 0. The van der Waals surface area contributed by atoms with Gasteiger partial charge in [0.05, 0.1) is 5.92 Å². The van der Waals surface area contributed by atoms with E-state index in [1.807, 2.05) is 0 Å². The molecule has 0 amide bonds. The second-order valence-corrected chi connectivity index (χ2v) is 5.00. The summed E-state index contributed by atoms with van der Waals surface area (Å²) in [7, 11) is 4.18. The predicted octanol–water partition coefficient (Wildman–Crippen LogP) is 1.79. The first-order chi connectivity index (χ1) is 9.74. The van der Waals surface area contributed by atoms with Gasteiger partial charge in [-0.15, -0.1) is 0 Å². The Bertz CT molecular complexity index is 352. The van der Waals surface area contributed by atoms with E-state index >= 15 is 0 Å². The summed E-state index contributed by atoms with van der Waals surface area (Å²) in [6.07, 6.45) is 11.3. The Morgan fingerprint density at radius 3 is 1.67 bits per heavy atom. The Hall–Kier alpha value is -0.578. The van der Waals surface area contributed by atoms with Gasteiger partial charge in [-0.2, -0.15) is 0 Å². The number of hydrogen-bond acceptors (Lipinski definition) is 0. The average Bonchev–Trinajstić information content (AvgIpc) is 3.17. The molecule has 0 saturated heterocycles. The molecular formula is C16H17CrNO3+. The van der Waals surface area contributed by atoms with Gasteiger partial charge in [0.1, 0.15) is 20.3 Å². The molecule has 3 aliphatic rings. The molecule has 109 valence electrons. The van der Waals surface area contributed by atoms with Crippen LogP contribution in [0.2, 0.25) is 0 Å². The fraction of sp³-hybridized carbons (Fsp3) is 0.438. The second kappa shape index (κ2) is 12.0. The molecule has 0 aromatic rings. The quantitative estimate of drug-likeness (QED) is 0.306. The van der Waals surface area contributed by atoms with E-state index in [1.165, 1.54) is 25.2 Å². The summed E-state index contributed by atoms with van der Waals surface area (Å²) in [5.74, 6) is 6.53. The van der Waals surface area contributed by atoms with Crippen molar-refractivity contribution < 1.29 is 35.9 Å². The number of fused-ring (bicyclic) bond motifs is 5. The van der Waals surface area contributed by atoms with Crippen LogP contribution in [-0.2, 0) is 31.3 Å². The smallest absolute Gasteiger partial charge is 0 e. The zero-order chi connectivity index (χ0) is 15.7. The van der Waals surface area contributed by atoms with Crippen LogP contribution in [0.5, 0.6) is 0 Å². The zero-order valence-corrected chi connectivity index (χ0v) is 13.4. The predicted molar refractivity (Wildman–Crippen MR) is 69.1 cm³/mol. The summed E-state index contributed by atoms with van der Waals surface area (Å²) in [6.45, 7) is 13.5. The van der Waals surface area contributed by atoms with Gasteiger partial charge in [-0.25, -0.2) is 4.58 Å². The molecule has 0 aliphatic heterocycles. The molecule has 5 heteroatoms. The summed E-state index contributed by atoms with van der Waals surface area (Å²) >= 11 is 0. The molecular weight excluding hydrogens is 306 g/mol. The van der Waals surface area contributed by atoms with Gasteiger partial charge < -0.3 is 0 Å².